The summed E-state index contributed by atoms with van der Waals surface area (Å²) in [6.07, 6.45) is 0. The summed E-state index contributed by atoms with van der Waals surface area (Å²) in [6, 6.07) is 6.20. The maximum atomic E-state index is 13.0. The molecule has 78 valence electrons. The minimum absolute atomic E-state index is 0.0142. The second kappa shape index (κ2) is 6.34. The van der Waals surface area contributed by atoms with Crippen LogP contribution in [0.5, 0.6) is 5.75 Å². The molecule has 0 radical (unpaired) electrons. The molecule has 0 unspecified atom stereocenters. The van der Waals surface area contributed by atoms with E-state index in [1.54, 1.807) is 18.2 Å². The Morgan fingerprint density at radius 1 is 1.14 bits per heavy atom. The van der Waals surface area contributed by atoms with Crippen LogP contribution in [-0.4, -0.2) is 31.5 Å². The lowest BCUT2D eigenvalue weighted by Gasteiger charge is -2.06. The lowest BCUT2D eigenvalue weighted by molar-refractivity contribution is 0.0696. The Labute approximate surface area is 82.1 Å². The van der Waals surface area contributed by atoms with Gasteiger partial charge in [0.05, 0.1) is 19.8 Å². The molecule has 0 aromatic heterocycles. The number of hydrogen-bond acceptors (Lipinski definition) is 3. The van der Waals surface area contributed by atoms with E-state index >= 15 is 0 Å². The molecule has 0 aliphatic rings. The van der Waals surface area contributed by atoms with Crippen molar-refractivity contribution in [1.82, 2.24) is 0 Å². The predicted octanol–water partition coefficient (Wildman–Crippen LogP) is 1.21. The van der Waals surface area contributed by atoms with Crippen LogP contribution in [0.15, 0.2) is 24.3 Å². The fourth-order valence-corrected chi connectivity index (χ4v) is 0.939. The van der Waals surface area contributed by atoms with Gasteiger partial charge < -0.3 is 14.6 Å². The predicted molar refractivity (Wildman–Crippen MR) is 49.8 cm³/mol. The minimum Gasteiger partial charge on any atom is -0.488 e. The van der Waals surface area contributed by atoms with Gasteiger partial charge in [0.25, 0.3) is 0 Å². The van der Waals surface area contributed by atoms with Gasteiger partial charge in [0.1, 0.15) is 6.61 Å². The Morgan fingerprint density at radius 2 is 1.93 bits per heavy atom. The summed E-state index contributed by atoms with van der Waals surface area (Å²) >= 11 is 0. The lowest BCUT2D eigenvalue weighted by atomic mass is 10.3. The van der Waals surface area contributed by atoms with E-state index in [4.69, 9.17) is 14.6 Å². The van der Waals surface area contributed by atoms with E-state index in [0.717, 1.165) is 0 Å². The van der Waals surface area contributed by atoms with Crippen LogP contribution in [0.1, 0.15) is 0 Å². The summed E-state index contributed by atoms with van der Waals surface area (Å²) in [5.74, 6) is -0.158. The van der Waals surface area contributed by atoms with Crippen molar-refractivity contribution >= 4 is 0 Å². The Hall–Kier alpha value is -1.13. The quantitative estimate of drug-likeness (QED) is 0.701. The molecule has 4 heteroatoms. The van der Waals surface area contributed by atoms with Gasteiger partial charge in [0, 0.05) is 0 Å². The molecule has 0 amide bonds. The summed E-state index contributed by atoms with van der Waals surface area (Å²) < 4.78 is 23.0. The van der Waals surface area contributed by atoms with Crippen LogP contribution in [0.3, 0.4) is 0 Å². The van der Waals surface area contributed by atoms with Gasteiger partial charge in [0.15, 0.2) is 11.6 Å². The standard InChI is InChI=1S/C10H13FO3/c11-9-3-1-2-4-10(9)14-8-7-13-6-5-12/h1-4,12H,5-8H2. The van der Waals surface area contributed by atoms with Crippen molar-refractivity contribution in [3.8, 4) is 5.75 Å². The highest BCUT2D eigenvalue weighted by molar-refractivity contribution is 5.23. The maximum Gasteiger partial charge on any atom is 0.165 e. The Kier molecular flexibility index (Phi) is 4.96. The molecule has 0 spiro atoms. The van der Waals surface area contributed by atoms with Gasteiger partial charge in [0.2, 0.25) is 0 Å². The number of para-hydroxylation sites is 1. The van der Waals surface area contributed by atoms with E-state index in [1.807, 2.05) is 0 Å². The van der Waals surface area contributed by atoms with E-state index < -0.39 is 0 Å². The van der Waals surface area contributed by atoms with Crippen molar-refractivity contribution < 1.29 is 19.0 Å². The number of rotatable bonds is 6. The zero-order valence-electron chi connectivity index (χ0n) is 7.78. The number of aliphatic hydroxyl groups excluding tert-OH is 1. The second-order valence-electron chi connectivity index (χ2n) is 2.61. The molecule has 0 atom stereocenters. The normalized spacial score (nSPS) is 10.1. The first kappa shape index (κ1) is 10.9. The van der Waals surface area contributed by atoms with Gasteiger partial charge in [-0.05, 0) is 12.1 Å². The van der Waals surface area contributed by atoms with Crippen LogP contribution < -0.4 is 4.74 Å². The molecule has 1 aromatic carbocycles. The summed E-state index contributed by atoms with van der Waals surface area (Å²) in [6.45, 7) is 0.885. The van der Waals surface area contributed by atoms with Crippen LogP contribution in [0, 0.1) is 5.82 Å². The highest BCUT2D eigenvalue weighted by Gasteiger charge is 1.99. The molecule has 3 nitrogen and oxygen atoms in total. The van der Waals surface area contributed by atoms with Crippen LogP contribution in [-0.2, 0) is 4.74 Å². The molecule has 0 heterocycles. The number of halogens is 1. The van der Waals surface area contributed by atoms with E-state index in [-0.39, 0.29) is 31.4 Å². The van der Waals surface area contributed by atoms with Crippen LogP contribution >= 0.6 is 0 Å². The van der Waals surface area contributed by atoms with E-state index in [2.05, 4.69) is 0 Å². The van der Waals surface area contributed by atoms with Crippen molar-refractivity contribution in [2.24, 2.45) is 0 Å². The van der Waals surface area contributed by atoms with Gasteiger partial charge in [-0.15, -0.1) is 0 Å². The van der Waals surface area contributed by atoms with Crippen molar-refractivity contribution in [3.05, 3.63) is 30.1 Å². The van der Waals surface area contributed by atoms with Crippen LogP contribution in [0.4, 0.5) is 4.39 Å². The zero-order valence-corrected chi connectivity index (χ0v) is 7.78. The van der Waals surface area contributed by atoms with Crippen molar-refractivity contribution in [1.29, 1.82) is 0 Å². The summed E-state index contributed by atoms with van der Waals surface area (Å²) in [5, 5.41) is 8.40. The van der Waals surface area contributed by atoms with Crippen LogP contribution in [0.2, 0.25) is 0 Å². The first-order valence-electron chi connectivity index (χ1n) is 4.40. The third kappa shape index (κ3) is 3.72. The number of aliphatic hydroxyl groups is 1. The molecule has 1 rings (SSSR count). The first-order valence-corrected chi connectivity index (χ1v) is 4.40. The Bertz CT molecular complexity index is 265. The second-order valence-corrected chi connectivity index (χ2v) is 2.61. The SMILES string of the molecule is OCCOCCOc1ccccc1F. The van der Waals surface area contributed by atoms with Gasteiger partial charge >= 0.3 is 0 Å². The Balaban J connectivity index is 2.21. The molecule has 0 aliphatic carbocycles. The van der Waals surface area contributed by atoms with E-state index in [0.29, 0.717) is 6.61 Å². The number of benzene rings is 1. The highest BCUT2D eigenvalue weighted by atomic mass is 19.1. The molecule has 0 bridgehead atoms. The largest absolute Gasteiger partial charge is 0.488 e. The van der Waals surface area contributed by atoms with E-state index in [1.165, 1.54) is 6.07 Å². The highest BCUT2D eigenvalue weighted by Crippen LogP contribution is 2.14. The van der Waals surface area contributed by atoms with Crippen molar-refractivity contribution in [2.45, 2.75) is 0 Å². The molecule has 14 heavy (non-hydrogen) atoms. The minimum atomic E-state index is -0.380. The molecule has 1 N–H and O–H groups in total. The molecule has 0 fully saturated rings. The molecule has 1 aromatic rings. The fourth-order valence-electron chi connectivity index (χ4n) is 0.939. The van der Waals surface area contributed by atoms with Crippen molar-refractivity contribution in [2.75, 3.05) is 26.4 Å². The number of ether oxygens (including phenoxy) is 2. The van der Waals surface area contributed by atoms with Gasteiger partial charge in [-0.25, -0.2) is 4.39 Å². The van der Waals surface area contributed by atoms with Crippen molar-refractivity contribution in [3.63, 3.8) is 0 Å². The molecule has 0 aliphatic heterocycles. The summed E-state index contributed by atoms with van der Waals surface area (Å²) in [7, 11) is 0. The Morgan fingerprint density at radius 3 is 2.64 bits per heavy atom. The average Bonchev–Trinajstić information content (AvgIpc) is 2.20. The molecular formula is C10H13FO3. The fraction of sp³-hybridized carbons (Fsp3) is 0.400. The summed E-state index contributed by atoms with van der Waals surface area (Å²) in [4.78, 5) is 0. The van der Waals surface area contributed by atoms with E-state index in [9.17, 15) is 4.39 Å². The third-order valence-electron chi connectivity index (χ3n) is 1.56. The smallest absolute Gasteiger partial charge is 0.165 e. The van der Waals surface area contributed by atoms with Crippen LogP contribution in [0.25, 0.3) is 0 Å². The zero-order chi connectivity index (χ0) is 10.2. The third-order valence-corrected chi connectivity index (χ3v) is 1.56. The monoisotopic (exact) mass is 200 g/mol. The topological polar surface area (TPSA) is 38.7 Å². The van der Waals surface area contributed by atoms with Gasteiger partial charge in [-0.1, -0.05) is 12.1 Å². The average molecular weight is 200 g/mol. The lowest BCUT2D eigenvalue weighted by Crippen LogP contribution is -2.09. The number of hydrogen-bond donors (Lipinski definition) is 1. The molecule has 0 saturated carbocycles. The molecular weight excluding hydrogens is 187 g/mol. The van der Waals surface area contributed by atoms with Gasteiger partial charge in [-0.2, -0.15) is 0 Å². The molecule has 0 saturated heterocycles. The van der Waals surface area contributed by atoms with Gasteiger partial charge in [-0.3, -0.25) is 0 Å². The first-order chi connectivity index (χ1) is 6.84. The maximum absolute atomic E-state index is 13.0. The summed E-state index contributed by atoms with van der Waals surface area (Å²) in [5.41, 5.74) is 0.